The van der Waals surface area contributed by atoms with Crippen molar-refractivity contribution >= 4 is 23.2 Å². The first-order valence-corrected chi connectivity index (χ1v) is 8.50. The monoisotopic (exact) mass is 361 g/mol. The van der Waals surface area contributed by atoms with Crippen molar-refractivity contribution in [1.82, 2.24) is 15.5 Å². The highest BCUT2D eigenvalue weighted by Crippen LogP contribution is 2.21. The van der Waals surface area contributed by atoms with Crippen molar-refractivity contribution in [1.29, 1.82) is 0 Å². The summed E-state index contributed by atoms with van der Waals surface area (Å²) < 4.78 is 5.67. The van der Waals surface area contributed by atoms with Crippen molar-refractivity contribution in [3.05, 3.63) is 70.0 Å². The third kappa shape index (κ3) is 4.57. The Balaban J connectivity index is 1.43. The van der Waals surface area contributed by atoms with Crippen LogP contribution in [0.1, 0.15) is 11.5 Å². The van der Waals surface area contributed by atoms with Gasteiger partial charge in [0.1, 0.15) is 0 Å². The molecule has 2 aromatic carbocycles. The van der Waals surface area contributed by atoms with E-state index in [1.54, 1.807) is 6.07 Å². The van der Waals surface area contributed by atoms with Crippen molar-refractivity contribution in [3.8, 4) is 11.5 Å². The molecule has 0 radical (unpaired) electrons. The molecule has 0 atom stereocenters. The molecule has 0 spiro atoms. The van der Waals surface area contributed by atoms with Crippen LogP contribution >= 0.6 is 23.2 Å². The molecule has 3 rings (SSSR count). The van der Waals surface area contributed by atoms with E-state index >= 15 is 0 Å². The van der Waals surface area contributed by atoms with Crippen molar-refractivity contribution in [3.63, 3.8) is 0 Å². The molecule has 0 unspecified atom stereocenters. The molecule has 124 valence electrons. The van der Waals surface area contributed by atoms with E-state index in [9.17, 15) is 0 Å². The standard InChI is InChI=1S/C18H17Cl2N3O/c19-15-7-6-13(16(20)12-15)8-10-21-11-9-17-22-23-18(24-17)14-4-2-1-3-5-14/h1-7,12,21H,8-11H2. The third-order valence-corrected chi connectivity index (χ3v) is 4.18. The summed E-state index contributed by atoms with van der Waals surface area (Å²) in [7, 11) is 0. The summed E-state index contributed by atoms with van der Waals surface area (Å²) in [6.45, 7) is 1.59. The van der Waals surface area contributed by atoms with Crippen LogP contribution in [0.25, 0.3) is 11.5 Å². The van der Waals surface area contributed by atoms with E-state index in [-0.39, 0.29) is 0 Å². The minimum atomic E-state index is 0.554. The molecule has 0 aliphatic carbocycles. The molecule has 0 fully saturated rings. The second-order valence-corrected chi connectivity index (χ2v) is 6.20. The topological polar surface area (TPSA) is 51.0 Å². The number of nitrogens with one attached hydrogen (secondary N) is 1. The number of nitrogens with zero attached hydrogens (tertiary/aromatic N) is 2. The number of benzene rings is 2. The van der Waals surface area contributed by atoms with Gasteiger partial charge in [-0.1, -0.05) is 47.5 Å². The predicted molar refractivity (Wildman–Crippen MR) is 96.5 cm³/mol. The summed E-state index contributed by atoms with van der Waals surface area (Å²) in [5.41, 5.74) is 2.01. The highest BCUT2D eigenvalue weighted by molar-refractivity contribution is 6.35. The number of rotatable bonds is 7. The van der Waals surface area contributed by atoms with Gasteiger partial charge in [-0.15, -0.1) is 10.2 Å². The molecular weight excluding hydrogens is 345 g/mol. The molecule has 1 aromatic heterocycles. The van der Waals surface area contributed by atoms with E-state index in [1.165, 1.54) is 0 Å². The van der Waals surface area contributed by atoms with Crippen molar-refractivity contribution < 1.29 is 4.42 Å². The average Bonchev–Trinajstić information content (AvgIpc) is 3.06. The molecular formula is C18H17Cl2N3O. The van der Waals surface area contributed by atoms with Crippen molar-refractivity contribution in [2.45, 2.75) is 12.8 Å². The lowest BCUT2D eigenvalue weighted by atomic mass is 10.1. The summed E-state index contributed by atoms with van der Waals surface area (Å²) in [6.07, 6.45) is 1.53. The first kappa shape index (κ1) is 17.0. The zero-order valence-electron chi connectivity index (χ0n) is 13.0. The fraction of sp³-hybridized carbons (Fsp3) is 0.222. The highest BCUT2D eigenvalue weighted by atomic mass is 35.5. The lowest BCUT2D eigenvalue weighted by Gasteiger charge is -2.06. The van der Waals surface area contributed by atoms with Crippen LogP contribution < -0.4 is 5.32 Å². The summed E-state index contributed by atoms with van der Waals surface area (Å²) in [5, 5.41) is 12.9. The minimum Gasteiger partial charge on any atom is -0.421 e. The lowest BCUT2D eigenvalue weighted by Crippen LogP contribution is -2.20. The smallest absolute Gasteiger partial charge is 0.247 e. The van der Waals surface area contributed by atoms with E-state index < -0.39 is 0 Å². The Bertz CT molecular complexity index is 790. The fourth-order valence-electron chi connectivity index (χ4n) is 2.32. The molecule has 0 saturated heterocycles. The Kier molecular flexibility index (Phi) is 5.86. The molecule has 4 nitrogen and oxygen atoms in total. The number of hydrogen-bond donors (Lipinski definition) is 1. The summed E-state index contributed by atoms with van der Waals surface area (Å²) >= 11 is 12.0. The lowest BCUT2D eigenvalue weighted by molar-refractivity contribution is 0.495. The molecule has 0 aliphatic heterocycles. The summed E-state index contributed by atoms with van der Waals surface area (Å²) in [5.74, 6) is 1.18. The number of halogens is 2. The van der Waals surface area contributed by atoms with E-state index in [1.807, 2.05) is 42.5 Å². The van der Waals surface area contributed by atoms with Crippen LogP contribution in [0, 0.1) is 0 Å². The fourth-order valence-corrected chi connectivity index (χ4v) is 2.82. The van der Waals surface area contributed by atoms with Crippen molar-refractivity contribution in [2.24, 2.45) is 0 Å². The average molecular weight is 362 g/mol. The van der Waals surface area contributed by atoms with E-state index in [4.69, 9.17) is 27.6 Å². The van der Waals surface area contributed by atoms with Crippen LogP contribution in [-0.2, 0) is 12.8 Å². The largest absolute Gasteiger partial charge is 0.421 e. The Hall–Kier alpha value is -1.88. The maximum Gasteiger partial charge on any atom is 0.247 e. The van der Waals surface area contributed by atoms with Gasteiger partial charge in [0.05, 0.1) is 0 Å². The van der Waals surface area contributed by atoms with E-state index in [0.717, 1.165) is 30.6 Å². The Morgan fingerprint density at radius 3 is 2.50 bits per heavy atom. The quantitative estimate of drug-likeness (QED) is 0.633. The van der Waals surface area contributed by atoms with Crippen LogP contribution in [0.15, 0.2) is 52.9 Å². The SMILES string of the molecule is Clc1ccc(CCNCCc2nnc(-c3ccccc3)o2)c(Cl)c1. The van der Waals surface area contributed by atoms with Gasteiger partial charge in [-0.05, 0) is 42.8 Å². The van der Waals surface area contributed by atoms with Crippen LogP contribution in [0.4, 0.5) is 0 Å². The van der Waals surface area contributed by atoms with E-state index in [0.29, 0.717) is 28.2 Å². The van der Waals surface area contributed by atoms with Gasteiger partial charge < -0.3 is 9.73 Å². The molecule has 24 heavy (non-hydrogen) atoms. The summed E-state index contributed by atoms with van der Waals surface area (Å²) in [4.78, 5) is 0. The minimum absolute atomic E-state index is 0.554. The van der Waals surface area contributed by atoms with Gasteiger partial charge in [0.25, 0.3) is 0 Å². The first-order chi connectivity index (χ1) is 11.7. The van der Waals surface area contributed by atoms with Crippen molar-refractivity contribution in [2.75, 3.05) is 13.1 Å². The van der Waals surface area contributed by atoms with Gasteiger partial charge in [0, 0.05) is 28.6 Å². The highest BCUT2D eigenvalue weighted by Gasteiger charge is 2.07. The van der Waals surface area contributed by atoms with Crippen LogP contribution in [0.5, 0.6) is 0 Å². The molecule has 6 heteroatoms. The van der Waals surface area contributed by atoms with Gasteiger partial charge in [-0.25, -0.2) is 0 Å². The summed E-state index contributed by atoms with van der Waals surface area (Å²) in [6, 6.07) is 15.3. The normalized spacial score (nSPS) is 10.9. The molecule has 0 amide bonds. The van der Waals surface area contributed by atoms with Gasteiger partial charge in [0.2, 0.25) is 11.8 Å². The maximum atomic E-state index is 6.15. The second-order valence-electron chi connectivity index (χ2n) is 5.35. The third-order valence-electron chi connectivity index (χ3n) is 3.59. The molecule has 1 heterocycles. The number of hydrogen-bond acceptors (Lipinski definition) is 4. The van der Waals surface area contributed by atoms with Gasteiger partial charge >= 0.3 is 0 Å². The predicted octanol–water partition coefficient (Wildman–Crippen LogP) is 4.42. The van der Waals surface area contributed by atoms with Gasteiger partial charge in [-0.2, -0.15) is 0 Å². The number of aromatic nitrogens is 2. The van der Waals surface area contributed by atoms with E-state index in [2.05, 4.69) is 15.5 Å². The zero-order valence-corrected chi connectivity index (χ0v) is 14.5. The Morgan fingerprint density at radius 2 is 1.71 bits per heavy atom. The maximum absolute atomic E-state index is 6.15. The first-order valence-electron chi connectivity index (χ1n) is 7.75. The second kappa shape index (κ2) is 8.29. The Morgan fingerprint density at radius 1 is 0.917 bits per heavy atom. The Labute approximate surface area is 150 Å². The van der Waals surface area contributed by atoms with Gasteiger partial charge in [0.15, 0.2) is 0 Å². The van der Waals surface area contributed by atoms with Crippen LogP contribution in [0.2, 0.25) is 10.0 Å². The van der Waals surface area contributed by atoms with Crippen LogP contribution in [0.3, 0.4) is 0 Å². The molecule has 0 aliphatic rings. The molecule has 3 aromatic rings. The van der Waals surface area contributed by atoms with Gasteiger partial charge in [-0.3, -0.25) is 0 Å². The molecule has 1 N–H and O–H groups in total. The molecule has 0 saturated carbocycles. The zero-order chi connectivity index (χ0) is 16.8. The van der Waals surface area contributed by atoms with Crippen LogP contribution in [-0.4, -0.2) is 23.3 Å². The molecule has 0 bridgehead atoms.